The lowest BCUT2D eigenvalue weighted by Gasteiger charge is -1.96. The third-order valence-corrected chi connectivity index (χ3v) is 2.23. The van der Waals surface area contributed by atoms with Gasteiger partial charge in [0.05, 0.1) is 6.10 Å². The second kappa shape index (κ2) is 2.67. The van der Waals surface area contributed by atoms with Crippen LogP contribution < -0.4 is 0 Å². The zero-order valence-electron chi connectivity index (χ0n) is 6.40. The Labute approximate surface area is 66.7 Å². The van der Waals surface area contributed by atoms with Crippen molar-refractivity contribution in [3.63, 3.8) is 0 Å². The molecule has 0 bridgehead atoms. The number of rotatable bonds is 2. The summed E-state index contributed by atoms with van der Waals surface area (Å²) in [5.74, 6) is 0.539. The first-order valence-electron chi connectivity index (χ1n) is 4.08. The van der Waals surface area contributed by atoms with Gasteiger partial charge in [0.1, 0.15) is 0 Å². The van der Waals surface area contributed by atoms with E-state index in [1.165, 1.54) is 5.56 Å². The van der Waals surface area contributed by atoms with E-state index < -0.39 is 0 Å². The van der Waals surface area contributed by atoms with E-state index in [2.05, 4.69) is 12.1 Å². The standard InChI is InChI=1S/C10H12O/c11-10-7-9(10)6-8-4-2-1-3-5-8/h1-5,9-11H,6-7H2/t9-,10+/m1/s1. The molecule has 1 nitrogen and oxygen atoms in total. The minimum absolute atomic E-state index is 0.0183. The van der Waals surface area contributed by atoms with Gasteiger partial charge in [-0.2, -0.15) is 0 Å². The van der Waals surface area contributed by atoms with Crippen LogP contribution in [0.4, 0.5) is 0 Å². The fourth-order valence-corrected chi connectivity index (χ4v) is 1.37. The van der Waals surface area contributed by atoms with Crippen molar-refractivity contribution in [2.75, 3.05) is 0 Å². The van der Waals surface area contributed by atoms with Crippen molar-refractivity contribution in [3.8, 4) is 0 Å². The Balaban J connectivity index is 1.97. The molecule has 2 rings (SSSR count). The third kappa shape index (κ3) is 1.60. The molecule has 0 aliphatic heterocycles. The Bertz CT molecular complexity index is 230. The van der Waals surface area contributed by atoms with Gasteiger partial charge in [-0.3, -0.25) is 0 Å². The van der Waals surface area contributed by atoms with Crippen LogP contribution in [-0.4, -0.2) is 11.2 Å². The molecule has 0 spiro atoms. The Morgan fingerprint density at radius 2 is 1.91 bits per heavy atom. The summed E-state index contributed by atoms with van der Waals surface area (Å²) in [6.07, 6.45) is 2.02. The van der Waals surface area contributed by atoms with E-state index in [1.54, 1.807) is 0 Å². The first-order valence-corrected chi connectivity index (χ1v) is 4.08. The molecule has 1 aromatic rings. The minimum atomic E-state index is -0.0183. The maximum Gasteiger partial charge on any atom is 0.0576 e. The van der Waals surface area contributed by atoms with Gasteiger partial charge in [0.25, 0.3) is 0 Å². The highest BCUT2D eigenvalue weighted by atomic mass is 16.3. The molecule has 1 aliphatic carbocycles. The normalized spacial score (nSPS) is 28.5. The van der Waals surface area contributed by atoms with Crippen molar-refractivity contribution in [2.45, 2.75) is 18.9 Å². The van der Waals surface area contributed by atoms with Crippen molar-refractivity contribution in [1.29, 1.82) is 0 Å². The first kappa shape index (κ1) is 6.86. The molecule has 0 saturated heterocycles. The SMILES string of the molecule is O[C@H]1C[C@H]1Cc1ccccc1. The summed E-state index contributed by atoms with van der Waals surface area (Å²) in [5, 5.41) is 9.09. The lowest BCUT2D eigenvalue weighted by atomic mass is 10.1. The molecule has 0 unspecified atom stereocenters. The van der Waals surface area contributed by atoms with Crippen LogP contribution in [0.15, 0.2) is 30.3 Å². The van der Waals surface area contributed by atoms with Crippen LogP contribution >= 0.6 is 0 Å². The Morgan fingerprint density at radius 3 is 2.45 bits per heavy atom. The van der Waals surface area contributed by atoms with Gasteiger partial charge in [-0.1, -0.05) is 30.3 Å². The number of hydrogen-bond acceptors (Lipinski definition) is 1. The Morgan fingerprint density at radius 1 is 1.27 bits per heavy atom. The van der Waals surface area contributed by atoms with Crippen LogP contribution in [0.3, 0.4) is 0 Å². The second-order valence-corrected chi connectivity index (χ2v) is 3.25. The highest BCUT2D eigenvalue weighted by Crippen LogP contribution is 2.33. The Hall–Kier alpha value is -0.820. The molecule has 1 aliphatic rings. The molecule has 11 heavy (non-hydrogen) atoms. The highest BCUT2D eigenvalue weighted by molar-refractivity contribution is 5.16. The molecule has 1 fully saturated rings. The molecule has 1 aromatic carbocycles. The predicted octanol–water partition coefficient (Wildman–Crippen LogP) is 1.61. The number of benzene rings is 1. The number of aliphatic hydroxyl groups is 1. The summed E-state index contributed by atoms with van der Waals surface area (Å²) in [5.41, 5.74) is 1.34. The summed E-state index contributed by atoms with van der Waals surface area (Å²) >= 11 is 0. The Kier molecular flexibility index (Phi) is 1.66. The van der Waals surface area contributed by atoms with Gasteiger partial charge in [0, 0.05) is 0 Å². The van der Waals surface area contributed by atoms with E-state index in [0.717, 1.165) is 12.8 Å². The highest BCUT2D eigenvalue weighted by Gasteiger charge is 2.34. The van der Waals surface area contributed by atoms with Gasteiger partial charge in [-0.05, 0) is 24.3 Å². The van der Waals surface area contributed by atoms with Crippen molar-refractivity contribution in [3.05, 3.63) is 35.9 Å². The molecule has 0 amide bonds. The summed E-state index contributed by atoms with van der Waals surface area (Å²) in [6, 6.07) is 10.3. The van der Waals surface area contributed by atoms with Crippen molar-refractivity contribution >= 4 is 0 Å². The monoisotopic (exact) mass is 148 g/mol. The van der Waals surface area contributed by atoms with Crippen LogP contribution in [0.25, 0.3) is 0 Å². The zero-order chi connectivity index (χ0) is 7.68. The van der Waals surface area contributed by atoms with Crippen LogP contribution in [0.5, 0.6) is 0 Å². The summed E-state index contributed by atoms with van der Waals surface area (Å²) < 4.78 is 0. The lowest BCUT2D eigenvalue weighted by molar-refractivity contribution is 0.259. The molecule has 0 aromatic heterocycles. The lowest BCUT2D eigenvalue weighted by Crippen LogP contribution is -1.90. The van der Waals surface area contributed by atoms with Crippen LogP contribution in [0.1, 0.15) is 12.0 Å². The van der Waals surface area contributed by atoms with Crippen molar-refractivity contribution in [2.24, 2.45) is 5.92 Å². The molecule has 0 radical (unpaired) electrons. The second-order valence-electron chi connectivity index (χ2n) is 3.25. The minimum Gasteiger partial charge on any atom is -0.393 e. The number of hydrogen-bond donors (Lipinski definition) is 1. The maximum atomic E-state index is 9.09. The first-order chi connectivity index (χ1) is 5.36. The van der Waals surface area contributed by atoms with Crippen LogP contribution in [-0.2, 0) is 6.42 Å². The average Bonchev–Trinajstić information content (AvgIpc) is 2.69. The van der Waals surface area contributed by atoms with Gasteiger partial charge < -0.3 is 5.11 Å². The molecule has 0 heterocycles. The fraction of sp³-hybridized carbons (Fsp3) is 0.400. The van der Waals surface area contributed by atoms with Crippen molar-refractivity contribution < 1.29 is 5.11 Å². The molecular weight excluding hydrogens is 136 g/mol. The van der Waals surface area contributed by atoms with Gasteiger partial charge in [0.15, 0.2) is 0 Å². The van der Waals surface area contributed by atoms with Gasteiger partial charge in [0.2, 0.25) is 0 Å². The molecule has 58 valence electrons. The van der Waals surface area contributed by atoms with E-state index in [9.17, 15) is 0 Å². The molecule has 2 atom stereocenters. The molecule has 1 heteroatoms. The van der Waals surface area contributed by atoms with Gasteiger partial charge in [-0.15, -0.1) is 0 Å². The fourth-order valence-electron chi connectivity index (χ4n) is 1.37. The largest absolute Gasteiger partial charge is 0.393 e. The van der Waals surface area contributed by atoms with E-state index >= 15 is 0 Å². The molecular formula is C10H12O. The molecule has 1 N–H and O–H groups in total. The zero-order valence-corrected chi connectivity index (χ0v) is 6.40. The smallest absolute Gasteiger partial charge is 0.0576 e. The average molecular weight is 148 g/mol. The third-order valence-electron chi connectivity index (χ3n) is 2.23. The number of aliphatic hydroxyl groups excluding tert-OH is 1. The van der Waals surface area contributed by atoms with E-state index in [4.69, 9.17) is 5.11 Å². The van der Waals surface area contributed by atoms with Crippen LogP contribution in [0.2, 0.25) is 0 Å². The van der Waals surface area contributed by atoms with Gasteiger partial charge >= 0.3 is 0 Å². The van der Waals surface area contributed by atoms with Gasteiger partial charge in [-0.25, -0.2) is 0 Å². The predicted molar refractivity (Wildman–Crippen MR) is 44.3 cm³/mol. The molecule has 1 saturated carbocycles. The van der Waals surface area contributed by atoms with E-state index in [-0.39, 0.29) is 6.10 Å². The van der Waals surface area contributed by atoms with Crippen LogP contribution in [0, 0.1) is 5.92 Å². The topological polar surface area (TPSA) is 20.2 Å². The van der Waals surface area contributed by atoms with E-state index in [0.29, 0.717) is 5.92 Å². The van der Waals surface area contributed by atoms with Crippen molar-refractivity contribution in [1.82, 2.24) is 0 Å². The maximum absolute atomic E-state index is 9.09. The van der Waals surface area contributed by atoms with E-state index in [1.807, 2.05) is 18.2 Å². The quantitative estimate of drug-likeness (QED) is 0.675. The summed E-state index contributed by atoms with van der Waals surface area (Å²) in [6.45, 7) is 0. The summed E-state index contributed by atoms with van der Waals surface area (Å²) in [7, 11) is 0. The summed E-state index contributed by atoms with van der Waals surface area (Å²) in [4.78, 5) is 0.